The van der Waals surface area contributed by atoms with E-state index in [4.69, 9.17) is 11.6 Å². The van der Waals surface area contributed by atoms with Gasteiger partial charge in [0.05, 0.1) is 0 Å². The molecule has 2 aromatic heterocycles. The van der Waals surface area contributed by atoms with E-state index in [1.807, 2.05) is 19.1 Å². The van der Waals surface area contributed by atoms with Crippen LogP contribution in [-0.2, 0) is 10.0 Å². The molecule has 0 aliphatic carbocycles. The number of aromatic nitrogens is 2. The van der Waals surface area contributed by atoms with Gasteiger partial charge in [-0.1, -0.05) is 23.8 Å². The first-order valence-corrected chi connectivity index (χ1v) is 8.02. The highest BCUT2D eigenvalue weighted by Crippen LogP contribution is 2.24. The van der Waals surface area contributed by atoms with Crippen LogP contribution in [0.15, 0.2) is 28.8 Å². The highest BCUT2D eigenvalue weighted by atomic mass is 35.5. The third-order valence-corrected chi connectivity index (χ3v) is 4.89. The Morgan fingerprint density at radius 3 is 3.11 bits per heavy atom. The van der Waals surface area contributed by atoms with Crippen molar-refractivity contribution in [2.24, 2.45) is 0 Å². The van der Waals surface area contributed by atoms with Gasteiger partial charge in [0.25, 0.3) is 10.0 Å². The number of imidazole rings is 1. The van der Waals surface area contributed by atoms with E-state index in [-0.39, 0.29) is 10.2 Å². The van der Waals surface area contributed by atoms with Gasteiger partial charge in [0.1, 0.15) is 0 Å². The van der Waals surface area contributed by atoms with Gasteiger partial charge in [0.15, 0.2) is 15.1 Å². The van der Waals surface area contributed by atoms with E-state index in [1.165, 1.54) is 15.7 Å². The summed E-state index contributed by atoms with van der Waals surface area (Å²) in [6.45, 7) is 2.22. The van der Waals surface area contributed by atoms with Gasteiger partial charge in [-0.05, 0) is 13.3 Å². The molecule has 0 saturated carbocycles. The molecule has 2 aromatic rings. The van der Waals surface area contributed by atoms with Gasteiger partial charge in [-0.2, -0.15) is 0 Å². The Morgan fingerprint density at radius 1 is 1.61 bits per heavy atom. The van der Waals surface area contributed by atoms with Crippen molar-refractivity contribution >= 4 is 37.9 Å². The normalized spacial score (nSPS) is 12.8. The van der Waals surface area contributed by atoms with Crippen LogP contribution < -0.4 is 4.72 Å². The van der Waals surface area contributed by atoms with E-state index in [1.54, 1.807) is 11.6 Å². The lowest BCUT2D eigenvalue weighted by Gasteiger charge is -2.04. The average molecular weight is 306 g/mol. The van der Waals surface area contributed by atoms with Crippen molar-refractivity contribution in [1.29, 1.82) is 0 Å². The smallest absolute Gasteiger partial charge is 0.259 e. The van der Waals surface area contributed by atoms with Crippen molar-refractivity contribution in [2.45, 2.75) is 18.4 Å². The highest BCUT2D eigenvalue weighted by Gasteiger charge is 2.24. The summed E-state index contributed by atoms with van der Waals surface area (Å²) in [5.74, 6) is 0. The summed E-state index contributed by atoms with van der Waals surface area (Å²) >= 11 is 7.21. The van der Waals surface area contributed by atoms with Crippen molar-refractivity contribution in [1.82, 2.24) is 14.1 Å². The number of fused-ring (bicyclic) bond motifs is 1. The number of rotatable bonds is 5. The Hall–Kier alpha value is -0.890. The minimum atomic E-state index is -3.63. The topological polar surface area (TPSA) is 63.5 Å². The molecule has 0 aromatic carbocycles. The van der Waals surface area contributed by atoms with Gasteiger partial charge in [0.2, 0.25) is 0 Å². The van der Waals surface area contributed by atoms with Crippen molar-refractivity contribution in [2.75, 3.05) is 6.54 Å². The molecule has 2 heterocycles. The molecule has 0 saturated heterocycles. The lowest BCUT2D eigenvalue weighted by Crippen LogP contribution is -2.25. The third-order valence-electron chi connectivity index (χ3n) is 2.27. The van der Waals surface area contributed by atoms with Crippen LogP contribution in [0.2, 0.25) is 5.15 Å². The van der Waals surface area contributed by atoms with E-state index in [0.29, 0.717) is 17.9 Å². The Kier molecular flexibility index (Phi) is 4.06. The average Bonchev–Trinajstić information content (AvgIpc) is 2.83. The van der Waals surface area contributed by atoms with Crippen LogP contribution in [0.25, 0.3) is 4.96 Å². The third kappa shape index (κ3) is 2.59. The Bertz CT molecular complexity index is 672. The molecule has 98 valence electrons. The highest BCUT2D eigenvalue weighted by molar-refractivity contribution is 7.89. The second-order valence-electron chi connectivity index (χ2n) is 3.52. The van der Waals surface area contributed by atoms with Crippen molar-refractivity contribution < 1.29 is 8.42 Å². The zero-order valence-electron chi connectivity index (χ0n) is 9.63. The molecule has 0 aliphatic rings. The molecular weight excluding hydrogens is 294 g/mol. The SMILES string of the molecule is C/C=C/CCNS(=O)(=O)c1c(Cl)nc2sccn12. The maximum Gasteiger partial charge on any atom is 0.259 e. The van der Waals surface area contributed by atoms with Gasteiger partial charge in [-0.25, -0.2) is 18.1 Å². The number of allylic oxidation sites excluding steroid dienone is 1. The van der Waals surface area contributed by atoms with Crippen molar-refractivity contribution in [3.8, 4) is 0 Å². The standard InChI is InChI=1S/C10H12ClN3O2S2/c1-2-3-4-5-12-18(15,16)9-8(11)13-10-14(9)6-7-17-10/h2-3,6-7,12H,4-5H2,1H3/b3-2+. The summed E-state index contributed by atoms with van der Waals surface area (Å²) in [4.78, 5) is 4.56. The maximum absolute atomic E-state index is 12.1. The summed E-state index contributed by atoms with van der Waals surface area (Å²) < 4.78 is 28.2. The van der Waals surface area contributed by atoms with Crippen molar-refractivity contribution in [3.63, 3.8) is 0 Å². The lowest BCUT2D eigenvalue weighted by atomic mass is 10.4. The summed E-state index contributed by atoms with van der Waals surface area (Å²) in [7, 11) is -3.63. The summed E-state index contributed by atoms with van der Waals surface area (Å²) in [5.41, 5.74) is 0. The monoisotopic (exact) mass is 305 g/mol. The second-order valence-corrected chi connectivity index (χ2v) is 6.43. The summed E-state index contributed by atoms with van der Waals surface area (Å²) in [6.07, 6.45) is 6.04. The minimum absolute atomic E-state index is 0.000355. The van der Waals surface area contributed by atoms with Gasteiger partial charge < -0.3 is 0 Å². The zero-order chi connectivity index (χ0) is 13.2. The van der Waals surface area contributed by atoms with Crippen LogP contribution >= 0.6 is 22.9 Å². The predicted molar refractivity (Wildman–Crippen MR) is 72.7 cm³/mol. The van der Waals surface area contributed by atoms with Crippen LogP contribution in [-0.4, -0.2) is 24.3 Å². The molecule has 0 bridgehead atoms. The van der Waals surface area contributed by atoms with Crippen LogP contribution in [0.5, 0.6) is 0 Å². The number of halogens is 1. The van der Waals surface area contributed by atoms with E-state index in [0.717, 1.165) is 0 Å². The number of thiazole rings is 1. The van der Waals surface area contributed by atoms with Gasteiger partial charge >= 0.3 is 0 Å². The molecule has 0 atom stereocenters. The van der Waals surface area contributed by atoms with E-state index < -0.39 is 10.0 Å². The molecule has 0 radical (unpaired) electrons. The number of hydrogen-bond acceptors (Lipinski definition) is 4. The molecule has 0 fully saturated rings. The molecule has 0 aliphatic heterocycles. The largest absolute Gasteiger partial charge is 0.279 e. The van der Waals surface area contributed by atoms with E-state index in [9.17, 15) is 8.42 Å². The minimum Gasteiger partial charge on any atom is -0.279 e. The zero-order valence-corrected chi connectivity index (χ0v) is 12.0. The molecule has 8 heteroatoms. The Balaban J connectivity index is 2.28. The predicted octanol–water partition coefficient (Wildman–Crippen LogP) is 2.29. The lowest BCUT2D eigenvalue weighted by molar-refractivity contribution is 0.577. The number of nitrogens with one attached hydrogen (secondary N) is 1. The van der Waals surface area contributed by atoms with Crippen LogP contribution in [0.1, 0.15) is 13.3 Å². The number of hydrogen-bond donors (Lipinski definition) is 1. The van der Waals surface area contributed by atoms with Gasteiger partial charge in [-0.15, -0.1) is 11.3 Å². The first-order valence-electron chi connectivity index (χ1n) is 5.28. The van der Waals surface area contributed by atoms with Gasteiger partial charge in [-0.3, -0.25) is 4.40 Å². The number of nitrogens with zero attached hydrogens (tertiary/aromatic N) is 2. The fourth-order valence-corrected chi connectivity index (χ4v) is 3.99. The molecule has 18 heavy (non-hydrogen) atoms. The molecule has 0 spiro atoms. The molecule has 0 amide bonds. The van der Waals surface area contributed by atoms with E-state index in [2.05, 4.69) is 9.71 Å². The van der Waals surface area contributed by atoms with Crippen molar-refractivity contribution in [3.05, 3.63) is 28.9 Å². The Morgan fingerprint density at radius 2 is 2.39 bits per heavy atom. The summed E-state index contributed by atoms with van der Waals surface area (Å²) in [5, 5.41) is 1.76. The number of sulfonamides is 1. The maximum atomic E-state index is 12.1. The first-order chi connectivity index (χ1) is 8.56. The second kappa shape index (κ2) is 5.40. The fourth-order valence-electron chi connectivity index (χ4n) is 1.49. The van der Waals surface area contributed by atoms with E-state index >= 15 is 0 Å². The molecule has 1 N–H and O–H groups in total. The molecular formula is C10H12ClN3O2S2. The summed E-state index contributed by atoms with van der Waals surface area (Å²) in [6, 6.07) is 0. The van der Waals surface area contributed by atoms with Crippen LogP contribution in [0, 0.1) is 0 Å². The first kappa shape index (κ1) is 13.5. The molecule has 0 unspecified atom stereocenters. The fraction of sp³-hybridized carbons (Fsp3) is 0.300. The van der Waals surface area contributed by atoms with Crippen LogP contribution in [0.4, 0.5) is 0 Å². The Labute approximate surface area is 114 Å². The van der Waals surface area contributed by atoms with Gasteiger partial charge in [0, 0.05) is 18.1 Å². The quantitative estimate of drug-likeness (QED) is 0.681. The van der Waals surface area contributed by atoms with Crippen LogP contribution in [0.3, 0.4) is 0 Å². The molecule has 5 nitrogen and oxygen atoms in total. The molecule has 2 rings (SSSR count).